The minimum Gasteiger partial charge on any atom is -0.457 e. The Morgan fingerprint density at radius 2 is 1.53 bits per heavy atom. The molecular formula is C25H28N2O2S. The van der Waals surface area contributed by atoms with Crippen molar-refractivity contribution in [1.82, 2.24) is 5.32 Å². The fourth-order valence-corrected chi connectivity index (χ4v) is 3.34. The van der Waals surface area contributed by atoms with E-state index in [4.69, 9.17) is 4.74 Å². The number of hydrogen-bond donors (Lipinski definition) is 2. The van der Waals surface area contributed by atoms with Crippen molar-refractivity contribution in [2.24, 2.45) is 0 Å². The Labute approximate surface area is 183 Å². The molecule has 0 bridgehead atoms. The first-order valence-electron chi connectivity index (χ1n) is 10.1. The van der Waals surface area contributed by atoms with Gasteiger partial charge in [-0.05, 0) is 66.7 Å². The number of nitrogens with one attached hydrogen (secondary N) is 2. The SMILES string of the molecule is CSCCC(=O)Nc1ccc(Oc2ccc(CCNCc3ccccc3)cc2)cc1. The standard InChI is InChI=1S/C25H28N2O2S/c1-30-18-16-25(28)27-22-9-13-24(14-10-22)29-23-11-7-20(8-12-23)15-17-26-19-21-5-3-2-4-6-21/h2-14,26H,15-19H2,1H3,(H,27,28). The van der Waals surface area contributed by atoms with Gasteiger partial charge in [0.1, 0.15) is 11.5 Å². The predicted molar refractivity (Wildman–Crippen MR) is 126 cm³/mol. The zero-order valence-corrected chi connectivity index (χ0v) is 18.1. The fourth-order valence-electron chi connectivity index (χ4n) is 2.95. The Kier molecular flexibility index (Phi) is 8.81. The van der Waals surface area contributed by atoms with Crippen LogP contribution in [0.25, 0.3) is 0 Å². The van der Waals surface area contributed by atoms with Crippen LogP contribution in [0.5, 0.6) is 11.5 Å². The van der Waals surface area contributed by atoms with Crippen molar-refractivity contribution in [1.29, 1.82) is 0 Å². The maximum atomic E-state index is 11.8. The number of hydrogen-bond acceptors (Lipinski definition) is 4. The summed E-state index contributed by atoms with van der Waals surface area (Å²) in [5, 5.41) is 6.37. The molecule has 0 saturated heterocycles. The number of rotatable bonds is 11. The molecule has 3 aromatic carbocycles. The summed E-state index contributed by atoms with van der Waals surface area (Å²) in [6, 6.07) is 26.0. The van der Waals surface area contributed by atoms with Gasteiger partial charge in [0, 0.05) is 24.4 Å². The Bertz CT molecular complexity index is 897. The van der Waals surface area contributed by atoms with Crippen molar-refractivity contribution in [2.75, 3.05) is 23.9 Å². The van der Waals surface area contributed by atoms with Crippen molar-refractivity contribution in [3.63, 3.8) is 0 Å². The first kappa shape index (κ1) is 21.9. The molecule has 0 unspecified atom stereocenters. The van der Waals surface area contributed by atoms with Gasteiger partial charge in [-0.3, -0.25) is 4.79 Å². The van der Waals surface area contributed by atoms with Gasteiger partial charge in [0.05, 0.1) is 0 Å². The van der Waals surface area contributed by atoms with Crippen molar-refractivity contribution < 1.29 is 9.53 Å². The van der Waals surface area contributed by atoms with Gasteiger partial charge in [-0.25, -0.2) is 0 Å². The van der Waals surface area contributed by atoms with E-state index in [0.29, 0.717) is 6.42 Å². The average Bonchev–Trinajstić information content (AvgIpc) is 2.78. The lowest BCUT2D eigenvalue weighted by atomic mass is 10.1. The molecule has 0 radical (unpaired) electrons. The summed E-state index contributed by atoms with van der Waals surface area (Å²) in [4.78, 5) is 11.8. The smallest absolute Gasteiger partial charge is 0.225 e. The van der Waals surface area contributed by atoms with Gasteiger partial charge < -0.3 is 15.4 Å². The molecule has 3 aromatic rings. The lowest BCUT2D eigenvalue weighted by Gasteiger charge is -2.09. The quantitative estimate of drug-likeness (QED) is 0.402. The lowest BCUT2D eigenvalue weighted by Crippen LogP contribution is -2.16. The minimum absolute atomic E-state index is 0.0341. The van der Waals surface area contributed by atoms with E-state index in [2.05, 4.69) is 47.0 Å². The third kappa shape index (κ3) is 7.58. The molecule has 5 heteroatoms. The second-order valence-corrected chi connectivity index (χ2v) is 7.96. The molecule has 0 fully saturated rings. The Morgan fingerprint density at radius 3 is 2.20 bits per heavy atom. The normalized spacial score (nSPS) is 10.6. The Balaban J connectivity index is 1.42. The summed E-state index contributed by atoms with van der Waals surface area (Å²) in [6.45, 7) is 1.81. The number of ether oxygens (including phenoxy) is 1. The third-order valence-corrected chi connectivity index (χ3v) is 5.21. The first-order chi connectivity index (χ1) is 14.7. The van der Waals surface area contributed by atoms with Gasteiger partial charge in [-0.15, -0.1) is 0 Å². The molecule has 0 atom stereocenters. The lowest BCUT2D eigenvalue weighted by molar-refractivity contribution is -0.115. The van der Waals surface area contributed by atoms with Crippen molar-refractivity contribution >= 4 is 23.4 Å². The van der Waals surface area contributed by atoms with Crippen LogP contribution in [-0.2, 0) is 17.8 Å². The average molecular weight is 421 g/mol. The summed E-state index contributed by atoms with van der Waals surface area (Å²) in [5.41, 5.74) is 3.35. The summed E-state index contributed by atoms with van der Waals surface area (Å²) in [6.07, 6.45) is 3.49. The Morgan fingerprint density at radius 1 is 0.867 bits per heavy atom. The summed E-state index contributed by atoms with van der Waals surface area (Å²) < 4.78 is 5.91. The topological polar surface area (TPSA) is 50.4 Å². The molecule has 0 aromatic heterocycles. The molecule has 3 rings (SSSR count). The highest BCUT2D eigenvalue weighted by Gasteiger charge is 2.03. The van der Waals surface area contributed by atoms with E-state index in [0.717, 1.165) is 42.4 Å². The van der Waals surface area contributed by atoms with E-state index in [1.807, 2.05) is 48.7 Å². The fraction of sp³-hybridized carbons (Fsp3) is 0.240. The van der Waals surface area contributed by atoms with E-state index in [9.17, 15) is 4.79 Å². The van der Waals surface area contributed by atoms with Crippen molar-refractivity contribution in [2.45, 2.75) is 19.4 Å². The monoisotopic (exact) mass is 420 g/mol. The zero-order valence-electron chi connectivity index (χ0n) is 17.3. The van der Waals surface area contributed by atoms with Gasteiger partial charge in [-0.2, -0.15) is 11.8 Å². The molecule has 2 N–H and O–H groups in total. The van der Waals surface area contributed by atoms with Gasteiger partial charge >= 0.3 is 0 Å². The van der Waals surface area contributed by atoms with Crippen molar-refractivity contribution in [3.05, 3.63) is 90.0 Å². The highest BCUT2D eigenvalue weighted by Crippen LogP contribution is 2.23. The maximum Gasteiger partial charge on any atom is 0.225 e. The third-order valence-electron chi connectivity index (χ3n) is 4.59. The van der Waals surface area contributed by atoms with Gasteiger partial charge in [0.25, 0.3) is 0 Å². The summed E-state index contributed by atoms with van der Waals surface area (Å²) in [5.74, 6) is 2.40. The van der Waals surface area contributed by atoms with Crippen LogP contribution in [0.15, 0.2) is 78.9 Å². The van der Waals surface area contributed by atoms with E-state index < -0.39 is 0 Å². The molecule has 0 saturated carbocycles. The predicted octanol–water partition coefficient (Wildman–Crippen LogP) is 5.50. The zero-order chi connectivity index (χ0) is 21.0. The van der Waals surface area contributed by atoms with Gasteiger partial charge in [-0.1, -0.05) is 42.5 Å². The van der Waals surface area contributed by atoms with Crippen LogP contribution in [-0.4, -0.2) is 24.5 Å². The van der Waals surface area contributed by atoms with Crippen LogP contribution in [0.4, 0.5) is 5.69 Å². The van der Waals surface area contributed by atoms with E-state index >= 15 is 0 Å². The van der Waals surface area contributed by atoms with E-state index in [1.54, 1.807) is 11.8 Å². The first-order valence-corrected chi connectivity index (χ1v) is 11.5. The molecular weight excluding hydrogens is 392 g/mol. The maximum absolute atomic E-state index is 11.8. The largest absolute Gasteiger partial charge is 0.457 e. The molecule has 0 aliphatic carbocycles. The second kappa shape index (κ2) is 12.1. The minimum atomic E-state index is 0.0341. The number of carbonyl (C=O) groups is 1. The molecule has 0 spiro atoms. The summed E-state index contributed by atoms with van der Waals surface area (Å²) in [7, 11) is 0. The molecule has 156 valence electrons. The van der Waals surface area contributed by atoms with Gasteiger partial charge in [0.15, 0.2) is 0 Å². The van der Waals surface area contributed by atoms with Crippen LogP contribution < -0.4 is 15.4 Å². The molecule has 0 aliphatic heterocycles. The molecule has 0 aliphatic rings. The van der Waals surface area contributed by atoms with Crippen LogP contribution in [0.2, 0.25) is 0 Å². The number of benzene rings is 3. The molecule has 0 heterocycles. The van der Waals surface area contributed by atoms with Crippen LogP contribution >= 0.6 is 11.8 Å². The van der Waals surface area contributed by atoms with Crippen LogP contribution in [0, 0.1) is 0 Å². The van der Waals surface area contributed by atoms with Crippen LogP contribution in [0.1, 0.15) is 17.5 Å². The van der Waals surface area contributed by atoms with Crippen LogP contribution in [0.3, 0.4) is 0 Å². The highest BCUT2D eigenvalue weighted by molar-refractivity contribution is 7.98. The summed E-state index contributed by atoms with van der Waals surface area (Å²) >= 11 is 1.67. The molecule has 1 amide bonds. The van der Waals surface area contributed by atoms with Gasteiger partial charge in [0.2, 0.25) is 5.91 Å². The highest BCUT2D eigenvalue weighted by atomic mass is 32.2. The van der Waals surface area contributed by atoms with Crippen molar-refractivity contribution in [3.8, 4) is 11.5 Å². The van der Waals surface area contributed by atoms with E-state index in [-0.39, 0.29) is 5.91 Å². The molecule has 4 nitrogen and oxygen atoms in total. The number of amides is 1. The molecule has 30 heavy (non-hydrogen) atoms. The number of anilines is 1. The Hall–Kier alpha value is -2.76. The number of thioether (sulfide) groups is 1. The number of carbonyl (C=O) groups excluding carboxylic acids is 1. The second-order valence-electron chi connectivity index (χ2n) is 6.97. The van der Waals surface area contributed by atoms with E-state index in [1.165, 1.54) is 11.1 Å².